The highest BCUT2D eigenvalue weighted by Crippen LogP contribution is 2.20. The molecule has 0 unspecified atom stereocenters. The molecule has 1 saturated heterocycles. The van der Waals surface area contributed by atoms with E-state index in [2.05, 4.69) is 22.3 Å². The number of para-hydroxylation sites is 1. The molecule has 1 N–H and O–H groups in total. The van der Waals surface area contributed by atoms with Gasteiger partial charge in [-0.2, -0.15) is 5.26 Å². The van der Waals surface area contributed by atoms with E-state index in [9.17, 15) is 9.59 Å². The van der Waals surface area contributed by atoms with Gasteiger partial charge in [0.1, 0.15) is 17.5 Å². The number of carbonyl (C=O) groups is 2. The molecule has 1 aromatic rings. The number of benzene rings is 1. The maximum absolute atomic E-state index is 11.8. The highest BCUT2D eigenvalue weighted by atomic mass is 16.2. The van der Waals surface area contributed by atoms with E-state index in [0.717, 1.165) is 18.8 Å². The number of nitrogens with one attached hydrogen (secondary N) is 1. The molecule has 1 amide bonds. The van der Waals surface area contributed by atoms with Crippen LogP contribution in [0.4, 0.5) is 5.69 Å². The Balaban J connectivity index is 1.75. The van der Waals surface area contributed by atoms with Crippen LogP contribution in [0.1, 0.15) is 6.42 Å². The zero-order valence-electron chi connectivity index (χ0n) is 12.1. The molecule has 0 aromatic heterocycles. The third-order valence-electron chi connectivity index (χ3n) is 3.92. The molecule has 2 aliphatic rings. The first-order chi connectivity index (χ1) is 10.7. The van der Waals surface area contributed by atoms with Crippen LogP contribution in [0.3, 0.4) is 0 Å². The van der Waals surface area contributed by atoms with Crippen LogP contribution in [-0.2, 0) is 9.59 Å². The van der Waals surface area contributed by atoms with E-state index in [1.165, 1.54) is 0 Å². The topological polar surface area (TPSA) is 76.4 Å². The molecular formula is C16H16N4O2. The van der Waals surface area contributed by atoms with Crippen molar-refractivity contribution in [2.45, 2.75) is 6.42 Å². The van der Waals surface area contributed by atoms with Crippen molar-refractivity contribution < 1.29 is 9.59 Å². The molecule has 3 rings (SSSR count). The number of hydrogen-bond acceptors (Lipinski definition) is 5. The smallest absolute Gasteiger partial charge is 0.233 e. The standard InChI is InChI=1S/C16H16N4O2/c17-11-13-14(21)10-15(22)18-16(13)20-8-6-19(7-9-20)12-4-2-1-3-5-12/h1-5H,6-10H2,(H,18,22). The zero-order valence-corrected chi connectivity index (χ0v) is 12.1. The van der Waals surface area contributed by atoms with E-state index in [1.54, 1.807) is 0 Å². The SMILES string of the molecule is N#CC1=C(N2CCN(c3ccccc3)CC2)NC(=O)CC1=O. The molecule has 2 heterocycles. The molecule has 0 spiro atoms. The average molecular weight is 296 g/mol. The average Bonchev–Trinajstić information content (AvgIpc) is 2.55. The van der Waals surface area contributed by atoms with Crippen molar-refractivity contribution in [3.63, 3.8) is 0 Å². The molecule has 6 heteroatoms. The van der Waals surface area contributed by atoms with Crippen LogP contribution in [0.2, 0.25) is 0 Å². The number of allylic oxidation sites excluding steroid dienone is 1. The number of nitrogens with zero attached hydrogens (tertiary/aromatic N) is 3. The van der Waals surface area contributed by atoms with E-state index in [4.69, 9.17) is 5.26 Å². The monoisotopic (exact) mass is 296 g/mol. The van der Waals surface area contributed by atoms with Gasteiger partial charge in [0.15, 0.2) is 5.78 Å². The van der Waals surface area contributed by atoms with Crippen LogP contribution in [0.5, 0.6) is 0 Å². The summed E-state index contributed by atoms with van der Waals surface area (Å²) in [5.74, 6) is -0.368. The second-order valence-electron chi connectivity index (χ2n) is 5.29. The summed E-state index contributed by atoms with van der Waals surface area (Å²) in [6.07, 6.45) is -0.240. The largest absolute Gasteiger partial charge is 0.368 e. The number of nitriles is 1. The predicted molar refractivity (Wildman–Crippen MR) is 80.6 cm³/mol. The summed E-state index contributed by atoms with van der Waals surface area (Å²) in [7, 11) is 0. The minimum Gasteiger partial charge on any atom is -0.368 e. The number of piperazine rings is 1. The van der Waals surface area contributed by atoms with E-state index in [1.807, 2.05) is 29.2 Å². The zero-order chi connectivity index (χ0) is 15.5. The Kier molecular flexibility index (Phi) is 3.79. The number of carbonyl (C=O) groups excluding carboxylic acids is 2. The first-order valence-electron chi connectivity index (χ1n) is 7.21. The Bertz CT molecular complexity index is 667. The van der Waals surface area contributed by atoms with Crippen molar-refractivity contribution in [2.75, 3.05) is 31.1 Å². The highest BCUT2D eigenvalue weighted by molar-refractivity contribution is 6.12. The number of Topliss-reactive ketones (excluding diaryl/α,β-unsaturated/α-hetero) is 1. The molecule has 6 nitrogen and oxygen atoms in total. The summed E-state index contributed by atoms with van der Waals surface area (Å²) >= 11 is 0. The van der Waals surface area contributed by atoms with Crippen molar-refractivity contribution >= 4 is 17.4 Å². The molecule has 0 radical (unpaired) electrons. The number of hydrogen-bond donors (Lipinski definition) is 1. The van der Waals surface area contributed by atoms with Gasteiger partial charge in [-0.25, -0.2) is 0 Å². The van der Waals surface area contributed by atoms with Gasteiger partial charge in [-0.15, -0.1) is 0 Å². The lowest BCUT2D eigenvalue weighted by molar-refractivity contribution is -0.127. The van der Waals surface area contributed by atoms with Crippen LogP contribution >= 0.6 is 0 Å². The molecule has 0 atom stereocenters. The Hall–Kier alpha value is -2.81. The molecular weight excluding hydrogens is 280 g/mol. The normalized spacial score (nSPS) is 19.0. The van der Waals surface area contributed by atoms with Crippen molar-refractivity contribution in [1.29, 1.82) is 5.26 Å². The summed E-state index contributed by atoms with van der Waals surface area (Å²) in [6, 6.07) is 12.0. The van der Waals surface area contributed by atoms with Gasteiger partial charge >= 0.3 is 0 Å². The van der Waals surface area contributed by atoms with Crippen LogP contribution < -0.4 is 10.2 Å². The second kappa shape index (κ2) is 5.90. The van der Waals surface area contributed by atoms with Gasteiger partial charge in [0, 0.05) is 31.9 Å². The van der Waals surface area contributed by atoms with E-state index in [-0.39, 0.29) is 17.9 Å². The summed E-state index contributed by atoms with van der Waals surface area (Å²) in [4.78, 5) is 27.5. The van der Waals surface area contributed by atoms with Gasteiger partial charge in [-0.05, 0) is 12.1 Å². The maximum atomic E-state index is 11.8. The summed E-state index contributed by atoms with van der Waals surface area (Å²) < 4.78 is 0. The molecule has 1 fully saturated rings. The Morgan fingerprint density at radius 1 is 1.00 bits per heavy atom. The first kappa shape index (κ1) is 14.1. The summed E-state index contributed by atoms with van der Waals surface area (Å²) in [6.45, 7) is 2.86. The van der Waals surface area contributed by atoms with Crippen LogP contribution in [0.15, 0.2) is 41.7 Å². The molecule has 22 heavy (non-hydrogen) atoms. The quantitative estimate of drug-likeness (QED) is 0.810. The van der Waals surface area contributed by atoms with Crippen molar-refractivity contribution in [3.8, 4) is 6.07 Å². The summed E-state index contributed by atoms with van der Waals surface area (Å²) in [5, 5.41) is 11.8. The molecule has 0 aliphatic carbocycles. The lowest BCUT2D eigenvalue weighted by Crippen LogP contribution is -2.50. The fourth-order valence-electron chi connectivity index (χ4n) is 2.78. The third-order valence-corrected chi connectivity index (χ3v) is 3.92. The fraction of sp³-hybridized carbons (Fsp3) is 0.312. The van der Waals surface area contributed by atoms with Gasteiger partial charge in [0.05, 0.1) is 6.42 Å². The maximum Gasteiger partial charge on any atom is 0.233 e. The Labute approximate surface area is 128 Å². The van der Waals surface area contributed by atoms with Gasteiger partial charge in [0.2, 0.25) is 5.91 Å². The van der Waals surface area contributed by atoms with E-state index < -0.39 is 5.78 Å². The van der Waals surface area contributed by atoms with Crippen molar-refractivity contribution in [3.05, 3.63) is 41.7 Å². The number of anilines is 1. The molecule has 2 aliphatic heterocycles. The van der Waals surface area contributed by atoms with Crippen LogP contribution in [-0.4, -0.2) is 42.8 Å². The molecule has 1 aromatic carbocycles. The lowest BCUT2D eigenvalue weighted by atomic mass is 10.1. The summed E-state index contributed by atoms with van der Waals surface area (Å²) in [5.41, 5.74) is 1.22. The van der Waals surface area contributed by atoms with E-state index >= 15 is 0 Å². The minimum absolute atomic E-state index is 0.0627. The van der Waals surface area contributed by atoms with Crippen molar-refractivity contribution in [2.24, 2.45) is 0 Å². The predicted octanol–water partition coefficient (Wildman–Crippen LogP) is 0.633. The lowest BCUT2D eigenvalue weighted by Gasteiger charge is -2.39. The highest BCUT2D eigenvalue weighted by Gasteiger charge is 2.30. The van der Waals surface area contributed by atoms with Crippen molar-refractivity contribution in [1.82, 2.24) is 10.2 Å². The first-order valence-corrected chi connectivity index (χ1v) is 7.21. The van der Waals surface area contributed by atoms with Gasteiger partial charge < -0.3 is 15.1 Å². The van der Waals surface area contributed by atoms with Gasteiger partial charge in [-0.3, -0.25) is 9.59 Å². The fourth-order valence-corrected chi connectivity index (χ4v) is 2.78. The number of rotatable bonds is 2. The number of amides is 1. The molecule has 112 valence electrons. The molecule has 0 saturated carbocycles. The second-order valence-corrected chi connectivity index (χ2v) is 5.29. The van der Waals surface area contributed by atoms with E-state index in [0.29, 0.717) is 18.9 Å². The van der Waals surface area contributed by atoms with Crippen LogP contribution in [0.25, 0.3) is 0 Å². The third kappa shape index (κ3) is 2.66. The Morgan fingerprint density at radius 2 is 1.64 bits per heavy atom. The van der Waals surface area contributed by atoms with Gasteiger partial charge in [0.25, 0.3) is 0 Å². The minimum atomic E-state index is -0.397. The van der Waals surface area contributed by atoms with Gasteiger partial charge in [-0.1, -0.05) is 18.2 Å². The Morgan fingerprint density at radius 3 is 2.27 bits per heavy atom. The number of ketones is 1. The van der Waals surface area contributed by atoms with Crippen LogP contribution in [0, 0.1) is 11.3 Å². The molecule has 0 bridgehead atoms.